The van der Waals surface area contributed by atoms with E-state index in [1.165, 1.54) is 6.08 Å². The predicted molar refractivity (Wildman–Crippen MR) is 95.2 cm³/mol. The second-order valence-corrected chi connectivity index (χ2v) is 5.19. The lowest BCUT2D eigenvalue weighted by atomic mass is 10.1. The molecule has 0 spiro atoms. The molecule has 5 nitrogen and oxygen atoms in total. The van der Waals surface area contributed by atoms with Gasteiger partial charge in [0.1, 0.15) is 5.75 Å². The second-order valence-electron chi connectivity index (χ2n) is 5.19. The molecule has 0 unspecified atom stereocenters. The van der Waals surface area contributed by atoms with Crippen LogP contribution < -0.4 is 15.4 Å². The summed E-state index contributed by atoms with van der Waals surface area (Å²) in [7, 11) is 3.13. The van der Waals surface area contributed by atoms with Crippen molar-refractivity contribution in [3.05, 3.63) is 65.2 Å². The minimum Gasteiger partial charge on any atom is -0.496 e. The van der Waals surface area contributed by atoms with Gasteiger partial charge >= 0.3 is 0 Å². The number of benzene rings is 2. The van der Waals surface area contributed by atoms with Crippen molar-refractivity contribution in [3.8, 4) is 5.75 Å². The van der Waals surface area contributed by atoms with Crippen molar-refractivity contribution in [1.82, 2.24) is 5.32 Å². The van der Waals surface area contributed by atoms with Gasteiger partial charge in [-0.25, -0.2) is 0 Å². The van der Waals surface area contributed by atoms with Gasteiger partial charge in [0.15, 0.2) is 0 Å². The number of carbonyl (C=O) groups excluding carboxylic acids is 2. The molecule has 0 saturated carbocycles. The summed E-state index contributed by atoms with van der Waals surface area (Å²) in [4.78, 5) is 24.0. The van der Waals surface area contributed by atoms with Gasteiger partial charge < -0.3 is 15.4 Å². The number of aryl methyl sites for hydroxylation is 1. The first-order valence-corrected chi connectivity index (χ1v) is 7.50. The highest BCUT2D eigenvalue weighted by molar-refractivity contribution is 6.07. The van der Waals surface area contributed by atoms with E-state index in [9.17, 15) is 9.59 Å². The van der Waals surface area contributed by atoms with Crippen LogP contribution in [0.15, 0.2) is 48.5 Å². The van der Waals surface area contributed by atoms with Crippen molar-refractivity contribution in [2.45, 2.75) is 6.92 Å². The van der Waals surface area contributed by atoms with E-state index in [4.69, 9.17) is 4.74 Å². The second kappa shape index (κ2) is 7.97. The summed E-state index contributed by atoms with van der Waals surface area (Å²) >= 11 is 0. The molecule has 124 valence electrons. The molecule has 5 heteroatoms. The largest absolute Gasteiger partial charge is 0.496 e. The quantitative estimate of drug-likeness (QED) is 0.831. The highest BCUT2D eigenvalue weighted by atomic mass is 16.5. The van der Waals surface area contributed by atoms with Gasteiger partial charge in [0, 0.05) is 18.7 Å². The summed E-state index contributed by atoms with van der Waals surface area (Å²) in [5.41, 5.74) is 2.76. The molecule has 0 aliphatic heterocycles. The highest BCUT2D eigenvalue weighted by Crippen LogP contribution is 2.21. The van der Waals surface area contributed by atoms with Gasteiger partial charge in [-0.05, 0) is 37.3 Å². The van der Waals surface area contributed by atoms with Crippen LogP contribution in [-0.2, 0) is 4.79 Å². The Morgan fingerprint density at radius 2 is 1.88 bits per heavy atom. The number of amides is 2. The molecular formula is C19H20N2O3. The van der Waals surface area contributed by atoms with Crippen LogP contribution in [0.3, 0.4) is 0 Å². The number of anilines is 1. The van der Waals surface area contributed by atoms with Crippen LogP contribution in [-0.4, -0.2) is 26.0 Å². The predicted octanol–water partition coefficient (Wildman–Crippen LogP) is 3.02. The third-order valence-corrected chi connectivity index (χ3v) is 3.46. The lowest BCUT2D eigenvalue weighted by Crippen LogP contribution is -2.20. The minimum atomic E-state index is -0.324. The molecule has 24 heavy (non-hydrogen) atoms. The molecule has 0 saturated heterocycles. The first-order chi connectivity index (χ1) is 11.5. The lowest BCUT2D eigenvalue weighted by molar-refractivity contribution is -0.111. The van der Waals surface area contributed by atoms with Gasteiger partial charge in [0.25, 0.3) is 5.91 Å². The van der Waals surface area contributed by atoms with E-state index in [0.29, 0.717) is 17.0 Å². The third-order valence-electron chi connectivity index (χ3n) is 3.46. The van der Waals surface area contributed by atoms with Crippen LogP contribution >= 0.6 is 0 Å². The average Bonchev–Trinajstić information content (AvgIpc) is 2.60. The van der Waals surface area contributed by atoms with Crippen LogP contribution in [0.25, 0.3) is 6.08 Å². The number of hydrogen-bond acceptors (Lipinski definition) is 3. The number of ether oxygens (including phenoxy) is 1. The zero-order valence-corrected chi connectivity index (χ0v) is 13.9. The molecule has 2 rings (SSSR count). The van der Waals surface area contributed by atoms with Crippen molar-refractivity contribution < 1.29 is 14.3 Å². The van der Waals surface area contributed by atoms with Crippen LogP contribution in [0, 0.1) is 6.92 Å². The molecule has 2 aromatic carbocycles. The Morgan fingerprint density at radius 1 is 1.12 bits per heavy atom. The summed E-state index contributed by atoms with van der Waals surface area (Å²) in [6.07, 6.45) is 3.10. The Kier molecular flexibility index (Phi) is 5.73. The van der Waals surface area contributed by atoms with Crippen LogP contribution in [0.1, 0.15) is 21.5 Å². The summed E-state index contributed by atoms with van der Waals surface area (Å²) in [5, 5.41) is 5.27. The third kappa shape index (κ3) is 4.23. The average molecular weight is 324 g/mol. The topological polar surface area (TPSA) is 67.4 Å². The fourth-order valence-corrected chi connectivity index (χ4v) is 2.25. The summed E-state index contributed by atoms with van der Waals surface area (Å²) < 4.78 is 5.28. The number of para-hydroxylation sites is 1. The Labute approximate surface area is 141 Å². The van der Waals surface area contributed by atoms with E-state index in [0.717, 1.165) is 11.1 Å². The Hall–Kier alpha value is -3.08. The maximum atomic E-state index is 12.2. The van der Waals surface area contributed by atoms with E-state index in [1.54, 1.807) is 44.5 Å². The first kappa shape index (κ1) is 17.3. The molecule has 0 bridgehead atoms. The number of rotatable bonds is 5. The smallest absolute Gasteiger partial charge is 0.253 e. The SMILES string of the molecule is CNC(=O)c1ccccc1NC(=O)/C=C/c1cc(C)ccc1OC. The van der Waals surface area contributed by atoms with Crippen molar-refractivity contribution in [1.29, 1.82) is 0 Å². The van der Waals surface area contributed by atoms with Crippen molar-refractivity contribution in [2.24, 2.45) is 0 Å². The Morgan fingerprint density at radius 3 is 2.58 bits per heavy atom. The molecular weight excluding hydrogens is 304 g/mol. The number of carbonyl (C=O) groups is 2. The Balaban J connectivity index is 2.17. The molecule has 2 amide bonds. The van der Waals surface area contributed by atoms with Gasteiger partial charge in [-0.15, -0.1) is 0 Å². The van der Waals surface area contributed by atoms with Crippen LogP contribution in [0.2, 0.25) is 0 Å². The maximum Gasteiger partial charge on any atom is 0.253 e. The molecule has 0 fully saturated rings. The molecule has 0 aromatic heterocycles. The number of nitrogens with one attached hydrogen (secondary N) is 2. The van der Waals surface area contributed by atoms with E-state index in [1.807, 2.05) is 25.1 Å². The van der Waals surface area contributed by atoms with Crippen LogP contribution in [0.5, 0.6) is 5.75 Å². The van der Waals surface area contributed by atoms with Crippen molar-refractivity contribution >= 4 is 23.6 Å². The first-order valence-electron chi connectivity index (χ1n) is 7.50. The van der Waals surface area contributed by atoms with Crippen molar-refractivity contribution in [3.63, 3.8) is 0 Å². The lowest BCUT2D eigenvalue weighted by Gasteiger charge is -2.09. The maximum absolute atomic E-state index is 12.2. The zero-order valence-electron chi connectivity index (χ0n) is 13.9. The summed E-state index contributed by atoms with van der Waals surface area (Å²) in [5.74, 6) is 0.112. The molecule has 0 radical (unpaired) electrons. The molecule has 0 atom stereocenters. The zero-order chi connectivity index (χ0) is 17.5. The summed E-state index contributed by atoms with van der Waals surface area (Å²) in [6, 6.07) is 12.6. The van der Waals surface area contributed by atoms with Gasteiger partial charge in [0.05, 0.1) is 18.4 Å². The van der Waals surface area contributed by atoms with Gasteiger partial charge in [-0.2, -0.15) is 0 Å². The Bertz CT molecular complexity index is 782. The fourth-order valence-electron chi connectivity index (χ4n) is 2.25. The standard InChI is InChI=1S/C19H20N2O3/c1-13-8-10-17(24-3)14(12-13)9-11-18(22)21-16-7-5-4-6-15(16)19(23)20-2/h4-12H,1-3H3,(H,20,23)(H,21,22)/b11-9+. The fraction of sp³-hybridized carbons (Fsp3) is 0.158. The molecule has 2 aromatic rings. The van der Waals surface area contributed by atoms with Gasteiger partial charge in [0.2, 0.25) is 5.91 Å². The number of hydrogen-bond donors (Lipinski definition) is 2. The highest BCUT2D eigenvalue weighted by Gasteiger charge is 2.10. The minimum absolute atomic E-state index is 0.254. The summed E-state index contributed by atoms with van der Waals surface area (Å²) in [6.45, 7) is 1.97. The molecule has 0 aliphatic carbocycles. The molecule has 0 heterocycles. The van der Waals surface area contributed by atoms with Gasteiger partial charge in [-0.1, -0.05) is 23.8 Å². The van der Waals surface area contributed by atoms with E-state index >= 15 is 0 Å². The number of methoxy groups -OCH3 is 1. The van der Waals surface area contributed by atoms with E-state index in [-0.39, 0.29) is 11.8 Å². The molecule has 0 aliphatic rings. The molecule has 2 N–H and O–H groups in total. The van der Waals surface area contributed by atoms with Gasteiger partial charge in [-0.3, -0.25) is 9.59 Å². The van der Waals surface area contributed by atoms with E-state index in [2.05, 4.69) is 10.6 Å². The van der Waals surface area contributed by atoms with Crippen molar-refractivity contribution in [2.75, 3.05) is 19.5 Å². The van der Waals surface area contributed by atoms with Crippen LogP contribution in [0.4, 0.5) is 5.69 Å². The normalized spacial score (nSPS) is 10.5. The monoisotopic (exact) mass is 324 g/mol. The van der Waals surface area contributed by atoms with E-state index < -0.39 is 0 Å².